The SMILES string of the molecule is Cn1ccnc1C(C)(O)c1ccc(I)cc1. The van der Waals surface area contributed by atoms with Gasteiger partial charge in [-0.2, -0.15) is 0 Å². The normalized spacial score (nSPS) is 14.8. The molecule has 1 heterocycles. The zero-order valence-corrected chi connectivity index (χ0v) is 11.3. The Balaban J connectivity index is 2.46. The molecule has 2 rings (SSSR count). The number of rotatable bonds is 2. The molecule has 0 aliphatic rings. The van der Waals surface area contributed by atoms with Crippen LogP contribution >= 0.6 is 22.6 Å². The van der Waals surface area contributed by atoms with Gasteiger partial charge in [-0.3, -0.25) is 0 Å². The van der Waals surface area contributed by atoms with Gasteiger partial charge in [0.1, 0.15) is 11.4 Å². The van der Waals surface area contributed by atoms with Crippen molar-refractivity contribution in [3.05, 3.63) is 51.6 Å². The minimum absolute atomic E-state index is 0.647. The van der Waals surface area contributed by atoms with E-state index in [-0.39, 0.29) is 0 Å². The average molecular weight is 328 g/mol. The molecule has 0 aliphatic carbocycles. The molecule has 0 saturated heterocycles. The van der Waals surface area contributed by atoms with E-state index in [1.807, 2.05) is 42.1 Å². The van der Waals surface area contributed by atoms with Gasteiger partial charge in [0, 0.05) is 23.0 Å². The van der Waals surface area contributed by atoms with Crippen molar-refractivity contribution in [2.45, 2.75) is 12.5 Å². The highest BCUT2D eigenvalue weighted by Crippen LogP contribution is 2.27. The second-order valence-electron chi connectivity index (χ2n) is 3.94. The number of aryl methyl sites for hydroxylation is 1. The van der Waals surface area contributed by atoms with Crippen LogP contribution in [-0.4, -0.2) is 14.7 Å². The van der Waals surface area contributed by atoms with Crippen LogP contribution < -0.4 is 0 Å². The van der Waals surface area contributed by atoms with Crippen molar-refractivity contribution in [1.29, 1.82) is 0 Å². The molecule has 16 heavy (non-hydrogen) atoms. The summed E-state index contributed by atoms with van der Waals surface area (Å²) in [5.41, 5.74) is -0.204. The molecule has 0 saturated carbocycles. The monoisotopic (exact) mass is 328 g/mol. The summed E-state index contributed by atoms with van der Waals surface area (Å²) < 4.78 is 2.98. The van der Waals surface area contributed by atoms with Crippen LogP contribution in [0.3, 0.4) is 0 Å². The van der Waals surface area contributed by atoms with Gasteiger partial charge in [0.25, 0.3) is 0 Å². The molecule has 2 aromatic rings. The van der Waals surface area contributed by atoms with E-state index in [9.17, 15) is 5.11 Å². The van der Waals surface area contributed by atoms with E-state index in [4.69, 9.17) is 0 Å². The molecular weight excluding hydrogens is 315 g/mol. The predicted molar refractivity (Wildman–Crippen MR) is 71.0 cm³/mol. The average Bonchev–Trinajstić information content (AvgIpc) is 2.66. The summed E-state index contributed by atoms with van der Waals surface area (Å²) >= 11 is 2.24. The van der Waals surface area contributed by atoms with Crippen molar-refractivity contribution in [2.24, 2.45) is 7.05 Å². The van der Waals surface area contributed by atoms with Crippen LogP contribution in [0.2, 0.25) is 0 Å². The number of aliphatic hydroxyl groups is 1. The molecular formula is C12H13IN2O. The van der Waals surface area contributed by atoms with Crippen molar-refractivity contribution in [3.63, 3.8) is 0 Å². The first-order valence-corrected chi connectivity index (χ1v) is 6.06. The van der Waals surface area contributed by atoms with Crippen molar-refractivity contribution in [3.8, 4) is 0 Å². The number of hydrogen-bond donors (Lipinski definition) is 1. The number of halogens is 1. The summed E-state index contributed by atoms with van der Waals surface area (Å²) in [5.74, 6) is 0.647. The molecule has 0 spiro atoms. The second kappa shape index (κ2) is 4.18. The highest BCUT2D eigenvalue weighted by molar-refractivity contribution is 14.1. The lowest BCUT2D eigenvalue weighted by Crippen LogP contribution is -2.26. The number of hydrogen-bond acceptors (Lipinski definition) is 2. The maximum Gasteiger partial charge on any atom is 0.144 e. The molecule has 4 heteroatoms. The number of aromatic nitrogens is 2. The predicted octanol–water partition coefficient (Wildman–Crippen LogP) is 2.28. The van der Waals surface area contributed by atoms with Crippen LogP contribution in [0.25, 0.3) is 0 Å². The maximum absolute atomic E-state index is 10.5. The standard InChI is InChI=1S/C12H13IN2O/c1-12(16,11-14-7-8-15(11)2)9-3-5-10(13)6-4-9/h3-8,16H,1-2H3. The van der Waals surface area contributed by atoms with Gasteiger partial charge in [-0.25, -0.2) is 4.98 Å². The van der Waals surface area contributed by atoms with E-state index >= 15 is 0 Å². The Labute approximate surface area is 108 Å². The van der Waals surface area contributed by atoms with Crippen molar-refractivity contribution < 1.29 is 5.11 Å². The largest absolute Gasteiger partial charge is 0.377 e. The lowest BCUT2D eigenvalue weighted by Gasteiger charge is -2.23. The third-order valence-electron chi connectivity index (χ3n) is 2.66. The Hall–Kier alpha value is -0.880. The number of nitrogens with zero attached hydrogens (tertiary/aromatic N) is 2. The smallest absolute Gasteiger partial charge is 0.144 e. The molecule has 84 valence electrons. The van der Waals surface area contributed by atoms with Crippen LogP contribution in [0, 0.1) is 3.57 Å². The summed E-state index contributed by atoms with van der Waals surface area (Å²) in [6.07, 6.45) is 3.52. The Kier molecular flexibility index (Phi) is 3.03. The van der Waals surface area contributed by atoms with Crippen LogP contribution in [0.15, 0.2) is 36.7 Å². The molecule has 0 fully saturated rings. The van der Waals surface area contributed by atoms with Gasteiger partial charge in [-0.1, -0.05) is 12.1 Å². The van der Waals surface area contributed by atoms with E-state index in [0.717, 1.165) is 9.13 Å². The molecule has 0 bridgehead atoms. The molecule has 1 atom stereocenters. The first kappa shape index (κ1) is 11.6. The Morgan fingerprint density at radius 1 is 1.31 bits per heavy atom. The molecule has 1 aromatic heterocycles. The number of imidazole rings is 1. The zero-order chi connectivity index (χ0) is 11.8. The lowest BCUT2D eigenvalue weighted by atomic mass is 9.95. The summed E-state index contributed by atoms with van der Waals surface area (Å²) in [7, 11) is 1.88. The van der Waals surface area contributed by atoms with Gasteiger partial charge in [0.05, 0.1) is 0 Å². The van der Waals surface area contributed by atoms with Gasteiger partial charge >= 0.3 is 0 Å². The fourth-order valence-corrected chi connectivity index (χ4v) is 2.10. The lowest BCUT2D eigenvalue weighted by molar-refractivity contribution is 0.0892. The van der Waals surface area contributed by atoms with Gasteiger partial charge in [0.2, 0.25) is 0 Å². The van der Waals surface area contributed by atoms with E-state index in [1.165, 1.54) is 0 Å². The summed E-state index contributed by atoms with van der Waals surface area (Å²) in [6, 6.07) is 7.81. The van der Waals surface area contributed by atoms with Crippen molar-refractivity contribution in [1.82, 2.24) is 9.55 Å². The zero-order valence-electron chi connectivity index (χ0n) is 9.18. The van der Waals surface area contributed by atoms with Crippen molar-refractivity contribution in [2.75, 3.05) is 0 Å². The van der Waals surface area contributed by atoms with Gasteiger partial charge < -0.3 is 9.67 Å². The highest BCUT2D eigenvalue weighted by atomic mass is 127. The first-order valence-electron chi connectivity index (χ1n) is 4.98. The minimum atomic E-state index is -1.05. The minimum Gasteiger partial charge on any atom is -0.377 e. The summed E-state index contributed by atoms with van der Waals surface area (Å²) in [5, 5.41) is 10.5. The summed E-state index contributed by atoms with van der Waals surface area (Å²) in [4.78, 5) is 4.20. The van der Waals surface area contributed by atoms with E-state index in [1.54, 1.807) is 13.1 Å². The molecule has 0 aliphatic heterocycles. The topological polar surface area (TPSA) is 38.0 Å². The Morgan fingerprint density at radius 3 is 2.44 bits per heavy atom. The molecule has 1 N–H and O–H groups in total. The van der Waals surface area contributed by atoms with E-state index < -0.39 is 5.60 Å². The quantitative estimate of drug-likeness (QED) is 0.859. The summed E-state index contributed by atoms with van der Waals surface area (Å²) in [6.45, 7) is 1.76. The van der Waals surface area contributed by atoms with Crippen LogP contribution in [-0.2, 0) is 12.6 Å². The first-order chi connectivity index (χ1) is 7.51. The Morgan fingerprint density at radius 2 is 1.94 bits per heavy atom. The molecule has 1 aromatic carbocycles. The third-order valence-corrected chi connectivity index (χ3v) is 3.38. The molecule has 3 nitrogen and oxygen atoms in total. The van der Waals surface area contributed by atoms with Gasteiger partial charge in [0.15, 0.2) is 0 Å². The van der Waals surface area contributed by atoms with Crippen LogP contribution in [0.5, 0.6) is 0 Å². The van der Waals surface area contributed by atoms with Gasteiger partial charge in [-0.05, 0) is 47.2 Å². The van der Waals surface area contributed by atoms with Crippen LogP contribution in [0.4, 0.5) is 0 Å². The van der Waals surface area contributed by atoms with Crippen molar-refractivity contribution >= 4 is 22.6 Å². The third kappa shape index (κ3) is 1.99. The molecule has 0 amide bonds. The second-order valence-corrected chi connectivity index (χ2v) is 5.19. The number of benzene rings is 1. The highest BCUT2D eigenvalue weighted by Gasteiger charge is 2.29. The fraction of sp³-hybridized carbons (Fsp3) is 0.250. The van der Waals surface area contributed by atoms with Gasteiger partial charge in [-0.15, -0.1) is 0 Å². The fourth-order valence-electron chi connectivity index (χ4n) is 1.74. The Bertz CT molecular complexity index is 488. The maximum atomic E-state index is 10.5. The molecule has 0 radical (unpaired) electrons. The molecule has 1 unspecified atom stereocenters. The van der Waals surface area contributed by atoms with Crippen LogP contribution in [0.1, 0.15) is 18.3 Å². The van der Waals surface area contributed by atoms with E-state index in [0.29, 0.717) is 5.82 Å². The van der Waals surface area contributed by atoms with E-state index in [2.05, 4.69) is 27.6 Å².